The summed E-state index contributed by atoms with van der Waals surface area (Å²) in [5.74, 6) is -5.13. The maximum Gasteiger partial charge on any atom is 0.322 e. The highest BCUT2D eigenvalue weighted by molar-refractivity contribution is 5.95. The largest absolute Gasteiger partial charge is 0.480 e. The van der Waals surface area contributed by atoms with Crippen LogP contribution in [0.25, 0.3) is 0 Å². The lowest BCUT2D eigenvalue weighted by Crippen LogP contribution is -2.59. The lowest BCUT2D eigenvalue weighted by Gasteiger charge is -2.26. The van der Waals surface area contributed by atoms with Gasteiger partial charge in [-0.25, -0.2) is 0 Å². The molecule has 0 spiro atoms. The zero-order chi connectivity index (χ0) is 21.3. The molecule has 0 aliphatic carbocycles. The first-order valence-electron chi connectivity index (χ1n) is 8.19. The minimum Gasteiger partial charge on any atom is -0.480 e. The van der Waals surface area contributed by atoms with Gasteiger partial charge in [-0.15, -0.1) is 0 Å². The Hall–Kier alpha value is -2.73. The monoisotopic (exact) mass is 389 g/mol. The molecule has 4 atom stereocenters. The molecule has 154 valence electrons. The van der Waals surface area contributed by atoms with Crippen molar-refractivity contribution in [2.75, 3.05) is 6.54 Å². The van der Waals surface area contributed by atoms with Gasteiger partial charge in [0, 0.05) is 0 Å². The van der Waals surface area contributed by atoms with Crippen LogP contribution in [-0.4, -0.2) is 70.6 Å². The highest BCUT2D eigenvalue weighted by atomic mass is 16.4. The number of amides is 4. The SMILES string of the molecule is CC(C)C(NC(=O)C(N)C(C)O)C(=O)NC(CC(N)=O)C(=O)NCC(=O)O. The number of nitrogens with two attached hydrogens (primary N) is 2. The summed E-state index contributed by atoms with van der Waals surface area (Å²) in [6.07, 6.45) is -1.71. The molecule has 27 heavy (non-hydrogen) atoms. The Bertz CT molecular complexity index is 579. The molecule has 0 aliphatic heterocycles. The van der Waals surface area contributed by atoms with Crippen LogP contribution in [0.1, 0.15) is 27.2 Å². The fourth-order valence-corrected chi connectivity index (χ4v) is 1.96. The first-order valence-corrected chi connectivity index (χ1v) is 8.19. The third-order valence-electron chi connectivity index (χ3n) is 3.52. The Morgan fingerprint density at radius 2 is 1.52 bits per heavy atom. The van der Waals surface area contributed by atoms with Gasteiger partial charge in [-0.05, 0) is 12.8 Å². The van der Waals surface area contributed by atoms with E-state index in [1.165, 1.54) is 6.92 Å². The van der Waals surface area contributed by atoms with Crippen molar-refractivity contribution in [3.05, 3.63) is 0 Å². The first kappa shape index (κ1) is 24.3. The van der Waals surface area contributed by atoms with Crippen LogP contribution in [0.15, 0.2) is 0 Å². The van der Waals surface area contributed by atoms with Crippen molar-refractivity contribution in [3.8, 4) is 0 Å². The summed E-state index contributed by atoms with van der Waals surface area (Å²) in [6.45, 7) is 3.83. The number of nitrogens with one attached hydrogen (secondary N) is 3. The van der Waals surface area contributed by atoms with E-state index in [4.69, 9.17) is 16.6 Å². The average molecular weight is 389 g/mol. The summed E-state index contributed by atoms with van der Waals surface area (Å²) in [5, 5.41) is 24.6. The fraction of sp³-hybridized carbons (Fsp3) is 0.667. The highest BCUT2D eigenvalue weighted by Crippen LogP contribution is 2.05. The summed E-state index contributed by atoms with van der Waals surface area (Å²) in [4.78, 5) is 58.1. The van der Waals surface area contributed by atoms with E-state index in [1.807, 2.05) is 5.32 Å². The van der Waals surface area contributed by atoms with Crippen molar-refractivity contribution in [3.63, 3.8) is 0 Å². The number of aliphatic carboxylic acids is 1. The molecule has 0 fully saturated rings. The highest BCUT2D eigenvalue weighted by Gasteiger charge is 2.31. The zero-order valence-corrected chi connectivity index (χ0v) is 15.4. The summed E-state index contributed by atoms with van der Waals surface area (Å²) < 4.78 is 0. The number of carboxylic acid groups (broad SMARTS) is 1. The van der Waals surface area contributed by atoms with Crippen molar-refractivity contribution in [2.24, 2.45) is 17.4 Å². The van der Waals surface area contributed by atoms with E-state index in [9.17, 15) is 29.1 Å². The summed E-state index contributed by atoms with van der Waals surface area (Å²) in [5.41, 5.74) is 10.6. The van der Waals surface area contributed by atoms with Crippen LogP contribution in [0.2, 0.25) is 0 Å². The number of carbonyl (C=O) groups is 5. The van der Waals surface area contributed by atoms with Crippen molar-refractivity contribution >= 4 is 29.6 Å². The first-order chi connectivity index (χ1) is 12.4. The van der Waals surface area contributed by atoms with E-state index in [2.05, 4.69) is 10.6 Å². The van der Waals surface area contributed by atoms with Gasteiger partial charge in [0.1, 0.15) is 24.7 Å². The number of aliphatic hydroxyl groups excluding tert-OH is 1. The molecule has 9 N–H and O–H groups in total. The Kier molecular flexibility index (Phi) is 9.96. The summed E-state index contributed by atoms with van der Waals surface area (Å²) >= 11 is 0. The Balaban J connectivity index is 5.21. The molecule has 0 rings (SSSR count). The molecule has 0 aromatic heterocycles. The normalized spacial score (nSPS) is 15.2. The van der Waals surface area contributed by atoms with E-state index in [1.54, 1.807) is 13.8 Å². The second-order valence-electron chi connectivity index (χ2n) is 6.34. The van der Waals surface area contributed by atoms with E-state index < -0.39 is 72.7 Å². The van der Waals surface area contributed by atoms with Crippen LogP contribution in [0, 0.1) is 5.92 Å². The minimum absolute atomic E-state index is 0.425. The molecule has 0 heterocycles. The standard InChI is InChI=1S/C15H27N5O7/c1-6(2)12(20-14(26)11(17)7(3)21)15(27)19-8(4-9(16)22)13(25)18-5-10(23)24/h6-8,11-12,21H,4-5,17H2,1-3H3,(H2,16,22)(H,18,25)(H,19,27)(H,20,26)(H,23,24). The predicted octanol–water partition coefficient (Wildman–Crippen LogP) is -3.60. The van der Waals surface area contributed by atoms with Gasteiger partial charge < -0.3 is 37.6 Å². The molecule has 4 amide bonds. The van der Waals surface area contributed by atoms with Crippen molar-refractivity contribution < 1.29 is 34.2 Å². The van der Waals surface area contributed by atoms with Crippen LogP contribution >= 0.6 is 0 Å². The van der Waals surface area contributed by atoms with Gasteiger partial charge in [-0.1, -0.05) is 13.8 Å². The molecule has 0 saturated carbocycles. The lowest BCUT2D eigenvalue weighted by molar-refractivity contribution is -0.139. The number of aliphatic hydroxyl groups is 1. The van der Waals surface area contributed by atoms with Gasteiger partial charge in [0.25, 0.3) is 0 Å². The van der Waals surface area contributed by atoms with E-state index in [-0.39, 0.29) is 0 Å². The summed E-state index contributed by atoms with van der Waals surface area (Å²) in [6, 6.07) is -3.80. The number of hydrogen-bond acceptors (Lipinski definition) is 7. The summed E-state index contributed by atoms with van der Waals surface area (Å²) in [7, 11) is 0. The van der Waals surface area contributed by atoms with Crippen molar-refractivity contribution in [1.29, 1.82) is 0 Å². The molecule has 0 aromatic rings. The Morgan fingerprint density at radius 1 is 0.963 bits per heavy atom. The van der Waals surface area contributed by atoms with Gasteiger partial charge in [0.05, 0.1) is 12.5 Å². The smallest absolute Gasteiger partial charge is 0.322 e. The quantitative estimate of drug-likeness (QED) is 0.187. The molecule has 0 aromatic carbocycles. The Morgan fingerprint density at radius 3 is 1.93 bits per heavy atom. The van der Waals surface area contributed by atoms with Gasteiger partial charge in [0.2, 0.25) is 23.6 Å². The molecule has 12 heteroatoms. The maximum atomic E-state index is 12.5. The molecule has 0 radical (unpaired) electrons. The molecule has 12 nitrogen and oxygen atoms in total. The zero-order valence-electron chi connectivity index (χ0n) is 15.4. The van der Waals surface area contributed by atoms with Crippen molar-refractivity contribution in [1.82, 2.24) is 16.0 Å². The number of hydrogen-bond donors (Lipinski definition) is 7. The van der Waals surface area contributed by atoms with Crippen LogP contribution in [0.4, 0.5) is 0 Å². The van der Waals surface area contributed by atoms with E-state index in [0.29, 0.717) is 0 Å². The molecule has 4 unspecified atom stereocenters. The van der Waals surface area contributed by atoms with E-state index >= 15 is 0 Å². The minimum atomic E-state index is -1.42. The Labute approximate surface area is 156 Å². The lowest BCUT2D eigenvalue weighted by atomic mass is 10.0. The topological polar surface area (TPSA) is 214 Å². The average Bonchev–Trinajstić information content (AvgIpc) is 2.54. The third-order valence-corrected chi connectivity index (χ3v) is 3.52. The van der Waals surface area contributed by atoms with E-state index in [0.717, 1.165) is 0 Å². The number of primary amides is 1. The fourth-order valence-electron chi connectivity index (χ4n) is 1.96. The van der Waals surface area contributed by atoms with Crippen LogP contribution in [0.3, 0.4) is 0 Å². The second kappa shape index (κ2) is 11.1. The second-order valence-corrected chi connectivity index (χ2v) is 6.34. The molecular weight excluding hydrogens is 362 g/mol. The van der Waals surface area contributed by atoms with Gasteiger partial charge in [-0.3, -0.25) is 24.0 Å². The predicted molar refractivity (Wildman–Crippen MR) is 92.8 cm³/mol. The molecule has 0 saturated heterocycles. The van der Waals surface area contributed by atoms with Crippen LogP contribution in [0.5, 0.6) is 0 Å². The molecular formula is C15H27N5O7. The van der Waals surface area contributed by atoms with Gasteiger partial charge in [0.15, 0.2) is 0 Å². The number of carboxylic acids is 1. The van der Waals surface area contributed by atoms with Crippen molar-refractivity contribution in [2.45, 2.75) is 51.4 Å². The van der Waals surface area contributed by atoms with Gasteiger partial charge in [-0.2, -0.15) is 0 Å². The molecule has 0 bridgehead atoms. The van der Waals surface area contributed by atoms with Gasteiger partial charge >= 0.3 is 5.97 Å². The van der Waals surface area contributed by atoms with Crippen LogP contribution < -0.4 is 27.4 Å². The maximum absolute atomic E-state index is 12.5. The number of rotatable bonds is 11. The van der Waals surface area contributed by atoms with Crippen LogP contribution in [-0.2, 0) is 24.0 Å². The third kappa shape index (κ3) is 8.96. The molecule has 0 aliphatic rings. The number of carbonyl (C=O) groups excluding carboxylic acids is 4.